The Morgan fingerprint density at radius 2 is 1.77 bits per heavy atom. The number of aliphatic imine (C=N–C) groups is 1. The minimum Gasteiger partial charge on any atom is -0.469 e. The van der Waals surface area contributed by atoms with Crippen molar-refractivity contribution in [2.45, 2.75) is 53.1 Å². The maximum absolute atomic E-state index is 11.6. The summed E-state index contributed by atoms with van der Waals surface area (Å²) in [4.78, 5) is 16.5. The molecular formula is C26H35N3O2. The first-order valence-corrected chi connectivity index (χ1v) is 11.0. The first kappa shape index (κ1) is 24.2. The van der Waals surface area contributed by atoms with Gasteiger partial charge in [0.15, 0.2) is 0 Å². The number of nitrogens with zero attached hydrogens (tertiary/aromatic N) is 1. The fourth-order valence-corrected chi connectivity index (χ4v) is 3.30. The Morgan fingerprint density at radius 1 is 1.13 bits per heavy atom. The molecule has 0 radical (unpaired) electrons. The molecule has 1 aliphatic rings. The van der Waals surface area contributed by atoms with Gasteiger partial charge >= 0.3 is 5.97 Å². The Morgan fingerprint density at radius 3 is 2.39 bits per heavy atom. The van der Waals surface area contributed by atoms with Crippen molar-refractivity contribution in [2.24, 2.45) is 10.9 Å². The van der Waals surface area contributed by atoms with Crippen molar-refractivity contribution in [1.82, 2.24) is 5.32 Å². The summed E-state index contributed by atoms with van der Waals surface area (Å²) in [7, 11) is 1.40. The van der Waals surface area contributed by atoms with E-state index >= 15 is 0 Å². The van der Waals surface area contributed by atoms with Crippen LogP contribution in [0.2, 0.25) is 0 Å². The topological polar surface area (TPSA) is 62.7 Å². The Kier molecular flexibility index (Phi) is 9.82. The third-order valence-corrected chi connectivity index (χ3v) is 4.94. The second kappa shape index (κ2) is 12.6. The van der Waals surface area contributed by atoms with Gasteiger partial charge in [-0.1, -0.05) is 81.7 Å². The molecule has 5 nitrogen and oxygen atoms in total. The number of rotatable bonds is 6. The summed E-state index contributed by atoms with van der Waals surface area (Å²) < 4.78 is 4.78. The molecule has 2 unspecified atom stereocenters. The molecule has 0 spiro atoms. The third-order valence-electron chi connectivity index (χ3n) is 4.94. The number of ether oxygens (including phenoxy) is 1. The van der Waals surface area contributed by atoms with E-state index in [2.05, 4.69) is 36.6 Å². The van der Waals surface area contributed by atoms with Gasteiger partial charge in [0.05, 0.1) is 13.0 Å². The van der Waals surface area contributed by atoms with Crippen molar-refractivity contribution in [2.75, 3.05) is 12.4 Å². The lowest BCUT2D eigenvalue weighted by Gasteiger charge is -2.26. The van der Waals surface area contributed by atoms with E-state index in [1.165, 1.54) is 26.4 Å². The Bertz CT molecular complexity index is 889. The summed E-state index contributed by atoms with van der Waals surface area (Å²) in [5.74, 6) is 0.190. The van der Waals surface area contributed by atoms with Crippen LogP contribution in [0, 0.1) is 5.92 Å². The number of benzene rings is 2. The van der Waals surface area contributed by atoms with E-state index in [-0.39, 0.29) is 18.1 Å². The normalized spacial score (nSPS) is 16.0. The maximum atomic E-state index is 11.6. The molecule has 0 fully saturated rings. The summed E-state index contributed by atoms with van der Waals surface area (Å²) in [5.41, 5.74) is 3.96. The van der Waals surface area contributed by atoms with E-state index in [1.807, 2.05) is 62.4 Å². The van der Waals surface area contributed by atoms with Crippen LogP contribution in [-0.2, 0) is 9.53 Å². The number of fused-ring (bicyclic) bond motifs is 1. The molecule has 0 saturated heterocycles. The van der Waals surface area contributed by atoms with Crippen LogP contribution in [0.5, 0.6) is 0 Å². The zero-order valence-electron chi connectivity index (χ0n) is 19.3. The average molecular weight is 422 g/mol. The molecule has 2 N–H and O–H groups in total. The summed E-state index contributed by atoms with van der Waals surface area (Å²) >= 11 is 0. The van der Waals surface area contributed by atoms with Crippen LogP contribution in [-0.4, -0.2) is 18.9 Å². The molecule has 0 amide bonds. The molecule has 5 heteroatoms. The molecule has 0 bridgehead atoms. The van der Waals surface area contributed by atoms with Gasteiger partial charge in [0.2, 0.25) is 0 Å². The fraction of sp³-hybridized carbons (Fsp3) is 0.385. The number of unbranched alkanes of at least 4 members (excludes halogenated alkanes) is 2. The summed E-state index contributed by atoms with van der Waals surface area (Å²) in [6.45, 7) is 8.15. The molecule has 0 aliphatic carbocycles. The van der Waals surface area contributed by atoms with Crippen molar-refractivity contribution in [3.63, 3.8) is 0 Å². The Balaban J connectivity index is 0.000000614. The number of para-hydroxylation sites is 1. The van der Waals surface area contributed by atoms with Crippen molar-refractivity contribution < 1.29 is 9.53 Å². The number of esters is 1. The van der Waals surface area contributed by atoms with Gasteiger partial charge in [-0.2, -0.15) is 0 Å². The zero-order chi connectivity index (χ0) is 22.6. The first-order valence-electron chi connectivity index (χ1n) is 11.0. The highest BCUT2D eigenvalue weighted by Crippen LogP contribution is 2.29. The molecule has 1 heterocycles. The van der Waals surface area contributed by atoms with Crippen LogP contribution < -0.4 is 10.6 Å². The number of anilines is 1. The van der Waals surface area contributed by atoms with Crippen LogP contribution >= 0.6 is 0 Å². The highest BCUT2D eigenvalue weighted by Gasteiger charge is 2.21. The van der Waals surface area contributed by atoms with E-state index in [0.717, 1.165) is 28.3 Å². The van der Waals surface area contributed by atoms with E-state index in [4.69, 9.17) is 9.73 Å². The van der Waals surface area contributed by atoms with Gasteiger partial charge < -0.3 is 15.4 Å². The maximum Gasteiger partial charge on any atom is 0.312 e. The lowest BCUT2D eigenvalue weighted by Crippen LogP contribution is -2.30. The number of carbonyl (C=O) groups is 1. The van der Waals surface area contributed by atoms with Crippen molar-refractivity contribution in [3.8, 4) is 0 Å². The van der Waals surface area contributed by atoms with Gasteiger partial charge in [-0.25, -0.2) is 4.99 Å². The molecular weight excluding hydrogens is 386 g/mol. The van der Waals surface area contributed by atoms with Crippen LogP contribution in [0.4, 0.5) is 5.69 Å². The zero-order valence-corrected chi connectivity index (χ0v) is 19.3. The first-order chi connectivity index (χ1) is 15.0. The van der Waals surface area contributed by atoms with Gasteiger partial charge in [-0.05, 0) is 31.5 Å². The smallest absolute Gasteiger partial charge is 0.312 e. The molecule has 2 atom stereocenters. The largest absolute Gasteiger partial charge is 0.469 e. The number of amidine groups is 1. The number of allylic oxidation sites excluding steroid dienone is 1. The minimum absolute atomic E-state index is 0.167. The third kappa shape index (κ3) is 7.28. The van der Waals surface area contributed by atoms with Crippen molar-refractivity contribution in [1.29, 1.82) is 0 Å². The molecule has 0 aromatic heterocycles. The van der Waals surface area contributed by atoms with Gasteiger partial charge in [-0.3, -0.25) is 4.79 Å². The SMILES string of the molecule is CCCCC.COC(=O)C(C)/C=C(\C)NC1=NC(c2ccccc2)Nc2ccccc21. The van der Waals surface area contributed by atoms with E-state index in [1.54, 1.807) is 0 Å². The standard InChI is InChI=1S/C21H23N3O2.C5H12/c1-14(21(25)26-3)13-15(2)22-20-17-11-7-8-12-18(17)23-19(24-20)16-9-5-4-6-10-16;1-3-5-4-2/h4-14,19,23H,1-3H3,(H,22,24);3-5H2,1-2H3/b15-13+;. The Hall–Kier alpha value is -3.08. The van der Waals surface area contributed by atoms with Gasteiger partial charge in [0.25, 0.3) is 0 Å². The van der Waals surface area contributed by atoms with E-state index in [0.29, 0.717) is 0 Å². The van der Waals surface area contributed by atoms with Gasteiger partial charge in [0, 0.05) is 16.9 Å². The van der Waals surface area contributed by atoms with E-state index < -0.39 is 0 Å². The predicted molar refractivity (Wildman–Crippen MR) is 129 cm³/mol. The van der Waals surface area contributed by atoms with Crippen molar-refractivity contribution >= 4 is 17.5 Å². The molecule has 2 aromatic carbocycles. The van der Waals surface area contributed by atoms with Gasteiger partial charge in [0.1, 0.15) is 12.0 Å². The average Bonchev–Trinajstić information content (AvgIpc) is 2.79. The number of methoxy groups -OCH3 is 1. The summed E-state index contributed by atoms with van der Waals surface area (Å²) in [5, 5.41) is 6.81. The number of nitrogens with one attached hydrogen (secondary N) is 2. The monoisotopic (exact) mass is 421 g/mol. The second-order valence-electron chi connectivity index (χ2n) is 7.62. The number of hydrogen-bond acceptors (Lipinski definition) is 5. The molecule has 31 heavy (non-hydrogen) atoms. The van der Waals surface area contributed by atoms with E-state index in [9.17, 15) is 4.79 Å². The molecule has 1 aliphatic heterocycles. The highest BCUT2D eigenvalue weighted by atomic mass is 16.5. The summed E-state index contributed by atoms with van der Waals surface area (Å²) in [6, 6.07) is 18.1. The lowest BCUT2D eigenvalue weighted by molar-refractivity contribution is -0.143. The predicted octanol–water partition coefficient (Wildman–Crippen LogP) is 6.06. The second-order valence-corrected chi connectivity index (χ2v) is 7.62. The van der Waals surface area contributed by atoms with Crippen LogP contribution in [0.25, 0.3) is 0 Å². The van der Waals surface area contributed by atoms with Crippen LogP contribution in [0.15, 0.2) is 71.4 Å². The van der Waals surface area contributed by atoms with Crippen LogP contribution in [0.1, 0.15) is 64.3 Å². The lowest BCUT2D eigenvalue weighted by atomic mass is 10.1. The van der Waals surface area contributed by atoms with Gasteiger partial charge in [-0.15, -0.1) is 0 Å². The molecule has 3 rings (SSSR count). The number of carbonyl (C=O) groups excluding carboxylic acids is 1. The minimum atomic E-state index is -0.324. The highest BCUT2D eigenvalue weighted by molar-refractivity contribution is 6.05. The summed E-state index contributed by atoms with van der Waals surface area (Å²) in [6.07, 6.45) is 5.75. The van der Waals surface area contributed by atoms with Crippen molar-refractivity contribution in [3.05, 3.63) is 77.5 Å². The Labute approximate surface area is 186 Å². The quantitative estimate of drug-likeness (QED) is 0.557. The van der Waals surface area contributed by atoms with Crippen LogP contribution in [0.3, 0.4) is 0 Å². The number of hydrogen-bond donors (Lipinski definition) is 2. The fourth-order valence-electron chi connectivity index (χ4n) is 3.30. The molecule has 2 aromatic rings. The molecule has 166 valence electrons. The molecule has 0 saturated carbocycles.